The Hall–Kier alpha value is -3.10. The first-order chi connectivity index (χ1) is 14.3. The van der Waals surface area contributed by atoms with Crippen LogP contribution >= 0.6 is 0 Å². The summed E-state index contributed by atoms with van der Waals surface area (Å²) < 4.78 is 59.0. The lowest BCUT2D eigenvalue weighted by Crippen LogP contribution is -2.38. The number of carbonyl (C=O) groups is 1. The summed E-state index contributed by atoms with van der Waals surface area (Å²) in [4.78, 5) is 21.3. The van der Waals surface area contributed by atoms with Crippen molar-refractivity contribution in [3.63, 3.8) is 0 Å². The molecule has 3 heterocycles. The largest absolute Gasteiger partial charge is 0.496 e. The van der Waals surface area contributed by atoms with E-state index >= 15 is 0 Å². The van der Waals surface area contributed by atoms with E-state index in [1.54, 1.807) is 12.3 Å². The molecule has 2 aromatic heterocycles. The van der Waals surface area contributed by atoms with Gasteiger partial charge in [0.2, 0.25) is 0 Å². The van der Waals surface area contributed by atoms with Gasteiger partial charge in [0.1, 0.15) is 17.2 Å². The summed E-state index contributed by atoms with van der Waals surface area (Å²) in [6.45, 7) is 0.648. The van der Waals surface area contributed by atoms with Crippen LogP contribution in [0.2, 0.25) is 0 Å². The first kappa shape index (κ1) is 20.2. The van der Waals surface area contributed by atoms with Crippen LogP contribution in [0.3, 0.4) is 0 Å². The molecule has 5 nitrogen and oxygen atoms in total. The highest BCUT2D eigenvalue weighted by Gasteiger charge is 2.36. The van der Waals surface area contributed by atoms with Crippen molar-refractivity contribution in [1.29, 1.82) is 0 Å². The highest BCUT2D eigenvalue weighted by molar-refractivity contribution is 5.94. The number of methoxy groups -OCH3 is 1. The lowest BCUT2D eigenvalue weighted by Gasteiger charge is -2.32. The number of H-pyrrole nitrogens is 1. The Morgan fingerprint density at radius 1 is 1.23 bits per heavy atom. The summed E-state index contributed by atoms with van der Waals surface area (Å²) in [5.74, 6) is -1.31. The predicted molar refractivity (Wildman–Crippen MR) is 102 cm³/mol. The number of aromatic amines is 1. The molecule has 0 spiro atoms. The number of rotatable bonds is 3. The zero-order valence-corrected chi connectivity index (χ0v) is 16.1. The van der Waals surface area contributed by atoms with Crippen LogP contribution in [0, 0.1) is 5.82 Å². The molecule has 1 aromatic carbocycles. The Morgan fingerprint density at radius 3 is 2.63 bits per heavy atom. The number of likely N-dealkylation sites (tertiary alicyclic amines) is 1. The molecule has 0 unspecified atom stereocenters. The quantitative estimate of drug-likeness (QED) is 0.621. The van der Waals surface area contributed by atoms with E-state index in [1.165, 1.54) is 17.2 Å². The second-order valence-corrected chi connectivity index (χ2v) is 7.24. The Kier molecular flexibility index (Phi) is 5.13. The van der Waals surface area contributed by atoms with Crippen molar-refractivity contribution in [2.24, 2.45) is 0 Å². The number of nitrogens with zero attached hydrogens (tertiary/aromatic N) is 2. The van der Waals surface area contributed by atoms with Gasteiger partial charge in [-0.1, -0.05) is 0 Å². The fourth-order valence-electron chi connectivity index (χ4n) is 4.04. The van der Waals surface area contributed by atoms with Crippen LogP contribution in [0.15, 0.2) is 36.7 Å². The minimum absolute atomic E-state index is 0.0512. The van der Waals surface area contributed by atoms with E-state index in [1.807, 2.05) is 0 Å². The summed E-state index contributed by atoms with van der Waals surface area (Å²) >= 11 is 0. The third kappa shape index (κ3) is 3.59. The van der Waals surface area contributed by atoms with Crippen molar-refractivity contribution in [2.45, 2.75) is 24.9 Å². The van der Waals surface area contributed by atoms with Crippen LogP contribution in [-0.4, -0.2) is 41.0 Å². The molecule has 30 heavy (non-hydrogen) atoms. The van der Waals surface area contributed by atoms with Crippen LogP contribution in [0.25, 0.3) is 11.0 Å². The maximum absolute atomic E-state index is 14.5. The van der Waals surface area contributed by atoms with Gasteiger partial charge in [-0.3, -0.25) is 4.79 Å². The summed E-state index contributed by atoms with van der Waals surface area (Å²) in [5.41, 5.74) is 0.129. The van der Waals surface area contributed by atoms with Crippen LogP contribution in [0.1, 0.15) is 40.2 Å². The van der Waals surface area contributed by atoms with Crippen LogP contribution < -0.4 is 4.74 Å². The predicted octanol–water partition coefficient (Wildman–Crippen LogP) is 4.75. The van der Waals surface area contributed by atoms with Gasteiger partial charge in [0, 0.05) is 35.8 Å². The van der Waals surface area contributed by atoms with Crippen molar-refractivity contribution < 1.29 is 27.1 Å². The molecular formula is C21H19F4N3O2. The molecule has 0 saturated carbocycles. The van der Waals surface area contributed by atoms with Crippen molar-refractivity contribution in [1.82, 2.24) is 14.9 Å². The number of amides is 1. The topological polar surface area (TPSA) is 58.2 Å². The van der Waals surface area contributed by atoms with Crippen LogP contribution in [0.5, 0.6) is 5.75 Å². The summed E-state index contributed by atoms with van der Waals surface area (Å²) in [6.07, 6.45) is -0.733. The molecule has 1 N–H and O–H groups in total. The average Bonchev–Trinajstić information content (AvgIpc) is 3.21. The number of hydrogen-bond acceptors (Lipinski definition) is 3. The van der Waals surface area contributed by atoms with Crippen LogP contribution in [-0.2, 0) is 6.18 Å². The Labute approximate surface area is 169 Å². The van der Waals surface area contributed by atoms with Crippen molar-refractivity contribution >= 4 is 16.9 Å². The maximum Gasteiger partial charge on any atom is 0.419 e. The van der Waals surface area contributed by atoms with E-state index in [9.17, 15) is 22.4 Å². The Bertz CT molecular complexity index is 1090. The van der Waals surface area contributed by atoms with Gasteiger partial charge in [0.05, 0.1) is 18.9 Å². The number of nitrogens with one attached hydrogen (secondary N) is 1. The van der Waals surface area contributed by atoms with Crippen molar-refractivity contribution in [3.05, 3.63) is 59.2 Å². The number of piperidine rings is 1. The van der Waals surface area contributed by atoms with Gasteiger partial charge < -0.3 is 14.6 Å². The number of halogens is 4. The molecule has 0 aliphatic carbocycles. The Balaban J connectivity index is 1.52. The number of pyridine rings is 1. The number of alkyl halides is 3. The minimum atomic E-state index is -4.63. The summed E-state index contributed by atoms with van der Waals surface area (Å²) in [6, 6.07) is 5.07. The number of ether oxygens (including phenoxy) is 1. The smallest absolute Gasteiger partial charge is 0.419 e. The van der Waals surface area contributed by atoms with Gasteiger partial charge in [-0.15, -0.1) is 0 Å². The number of aromatic nitrogens is 2. The normalized spacial score (nSPS) is 15.6. The molecule has 158 valence electrons. The van der Waals surface area contributed by atoms with Gasteiger partial charge >= 0.3 is 6.18 Å². The van der Waals surface area contributed by atoms with E-state index < -0.39 is 23.5 Å². The van der Waals surface area contributed by atoms with Crippen LogP contribution in [0.4, 0.5) is 17.6 Å². The highest BCUT2D eigenvalue weighted by Crippen LogP contribution is 2.38. The average molecular weight is 421 g/mol. The van der Waals surface area contributed by atoms with E-state index in [-0.39, 0.29) is 17.2 Å². The maximum atomic E-state index is 14.5. The lowest BCUT2D eigenvalue weighted by molar-refractivity contribution is -0.138. The molecule has 1 saturated heterocycles. The van der Waals surface area contributed by atoms with Gasteiger partial charge in [-0.2, -0.15) is 13.2 Å². The van der Waals surface area contributed by atoms with Gasteiger partial charge in [0.25, 0.3) is 5.91 Å². The van der Waals surface area contributed by atoms with Crippen molar-refractivity contribution in [3.8, 4) is 5.75 Å². The zero-order valence-electron chi connectivity index (χ0n) is 16.1. The summed E-state index contributed by atoms with van der Waals surface area (Å²) in [5, 5.41) is 0.713. The molecule has 4 rings (SSSR count). The molecule has 1 aliphatic heterocycles. The van der Waals surface area contributed by atoms with E-state index in [0.717, 1.165) is 19.2 Å². The highest BCUT2D eigenvalue weighted by atomic mass is 19.4. The van der Waals surface area contributed by atoms with E-state index in [0.29, 0.717) is 42.5 Å². The second-order valence-electron chi connectivity index (χ2n) is 7.24. The van der Waals surface area contributed by atoms with E-state index in [2.05, 4.69) is 9.97 Å². The summed E-state index contributed by atoms with van der Waals surface area (Å²) in [7, 11) is 1.15. The number of benzene rings is 1. The third-order valence-corrected chi connectivity index (χ3v) is 5.52. The lowest BCUT2D eigenvalue weighted by atomic mass is 9.87. The molecule has 1 aliphatic rings. The third-order valence-electron chi connectivity index (χ3n) is 5.52. The van der Waals surface area contributed by atoms with Crippen molar-refractivity contribution in [2.75, 3.05) is 20.2 Å². The standard InChI is InChI=1S/C21H19F4N3O2/c1-30-17-3-2-13(10-15(17)21(23,24)25)20(29)28-8-5-12(6-9-28)18-14-4-7-26-19(14)27-11-16(18)22/h2-4,7,10-12H,5-6,8-9H2,1H3,(H,26,27). The van der Waals surface area contributed by atoms with E-state index in [4.69, 9.17) is 4.74 Å². The Morgan fingerprint density at radius 2 is 1.97 bits per heavy atom. The second kappa shape index (κ2) is 7.62. The molecular weight excluding hydrogens is 402 g/mol. The molecule has 0 atom stereocenters. The SMILES string of the molecule is COc1ccc(C(=O)N2CCC(c3c(F)cnc4[nH]ccc34)CC2)cc1C(F)(F)F. The molecule has 1 amide bonds. The molecule has 1 fully saturated rings. The minimum Gasteiger partial charge on any atom is -0.496 e. The first-order valence-electron chi connectivity index (χ1n) is 9.45. The monoisotopic (exact) mass is 421 g/mol. The molecule has 0 radical (unpaired) electrons. The van der Waals surface area contributed by atoms with Gasteiger partial charge in [-0.05, 0) is 43.0 Å². The zero-order chi connectivity index (χ0) is 21.5. The molecule has 9 heteroatoms. The number of carbonyl (C=O) groups excluding carboxylic acids is 1. The molecule has 3 aromatic rings. The number of hydrogen-bond donors (Lipinski definition) is 1. The fraction of sp³-hybridized carbons (Fsp3) is 0.333. The van der Waals surface area contributed by atoms with Gasteiger partial charge in [-0.25, -0.2) is 9.37 Å². The molecule has 0 bridgehead atoms. The fourth-order valence-corrected chi connectivity index (χ4v) is 4.04. The number of fused-ring (bicyclic) bond motifs is 1. The van der Waals surface area contributed by atoms with Gasteiger partial charge in [0.15, 0.2) is 0 Å². The first-order valence-corrected chi connectivity index (χ1v) is 9.45.